The second-order valence-electron chi connectivity index (χ2n) is 6.63. The summed E-state index contributed by atoms with van der Waals surface area (Å²) in [6.07, 6.45) is 10.8. The van der Waals surface area contributed by atoms with Crippen molar-refractivity contribution in [1.29, 1.82) is 0 Å². The molecule has 3 heteroatoms. The molecule has 1 saturated heterocycles. The summed E-state index contributed by atoms with van der Waals surface area (Å²) >= 11 is 7.40. The van der Waals surface area contributed by atoms with E-state index < -0.39 is 0 Å². The summed E-state index contributed by atoms with van der Waals surface area (Å²) in [7, 11) is 0. The predicted molar refractivity (Wildman–Crippen MR) is 95.2 cm³/mol. The van der Waals surface area contributed by atoms with Crippen molar-refractivity contribution in [1.82, 2.24) is 0 Å². The first-order chi connectivity index (χ1) is 10.2. The Morgan fingerprint density at radius 3 is 2.62 bits per heavy atom. The van der Waals surface area contributed by atoms with Gasteiger partial charge in [-0.15, -0.1) is 0 Å². The number of hydrogen-bond donors (Lipinski definition) is 0. The molecule has 1 heterocycles. The van der Waals surface area contributed by atoms with Crippen LogP contribution >= 0.6 is 31.9 Å². The second-order valence-corrected chi connectivity index (χ2v) is 8.13. The Labute approximate surface area is 145 Å². The monoisotopic (exact) mass is 414 g/mol. The Morgan fingerprint density at radius 2 is 1.90 bits per heavy atom. The summed E-state index contributed by atoms with van der Waals surface area (Å²) in [5, 5.41) is 1.00. The van der Waals surface area contributed by atoms with Crippen LogP contribution in [0.25, 0.3) is 0 Å². The normalized spacial score (nSPS) is 26.1. The Kier molecular flexibility index (Phi) is 5.45. The molecule has 2 unspecified atom stereocenters. The molecule has 2 aliphatic rings. The summed E-state index contributed by atoms with van der Waals surface area (Å²) in [4.78, 5) is 0. The van der Waals surface area contributed by atoms with Gasteiger partial charge in [0.25, 0.3) is 0 Å². The zero-order valence-corrected chi connectivity index (χ0v) is 15.7. The zero-order chi connectivity index (χ0) is 14.7. The fourth-order valence-electron chi connectivity index (χ4n) is 4.02. The number of benzene rings is 1. The molecule has 116 valence electrons. The maximum atomic E-state index is 6.55. The first-order valence-corrected chi connectivity index (χ1v) is 10.1. The molecule has 0 radical (unpaired) electrons. The van der Waals surface area contributed by atoms with E-state index in [4.69, 9.17) is 4.74 Å². The first-order valence-electron chi connectivity index (χ1n) is 8.21. The van der Waals surface area contributed by atoms with Crippen LogP contribution in [0.5, 0.6) is 0 Å². The van der Waals surface area contributed by atoms with Gasteiger partial charge in [-0.2, -0.15) is 0 Å². The van der Waals surface area contributed by atoms with E-state index in [1.54, 1.807) is 0 Å². The molecule has 0 N–H and O–H groups in total. The van der Waals surface area contributed by atoms with Crippen molar-refractivity contribution in [2.45, 2.75) is 69.0 Å². The lowest BCUT2D eigenvalue weighted by molar-refractivity contribution is -0.0668. The highest BCUT2D eigenvalue weighted by atomic mass is 79.9. The van der Waals surface area contributed by atoms with Gasteiger partial charge in [-0.1, -0.05) is 69.3 Å². The Morgan fingerprint density at radius 1 is 1.14 bits per heavy atom. The van der Waals surface area contributed by atoms with Gasteiger partial charge < -0.3 is 4.74 Å². The van der Waals surface area contributed by atoms with E-state index in [2.05, 4.69) is 56.1 Å². The largest absolute Gasteiger partial charge is 0.372 e. The Bertz CT molecular complexity index is 468. The molecule has 0 bridgehead atoms. The van der Waals surface area contributed by atoms with Crippen LogP contribution in [0.2, 0.25) is 0 Å². The van der Waals surface area contributed by atoms with Crippen molar-refractivity contribution >= 4 is 31.9 Å². The third kappa shape index (κ3) is 3.73. The first kappa shape index (κ1) is 16.0. The number of halogens is 2. The SMILES string of the molecule is BrCC(CC1CCC2(CCCCC2)O1)c1ccccc1Br. The summed E-state index contributed by atoms with van der Waals surface area (Å²) in [6.45, 7) is 0. The fraction of sp³-hybridized carbons (Fsp3) is 0.667. The minimum atomic E-state index is 0.244. The summed E-state index contributed by atoms with van der Waals surface area (Å²) in [5.41, 5.74) is 1.65. The van der Waals surface area contributed by atoms with Gasteiger partial charge in [0.05, 0.1) is 11.7 Å². The molecule has 1 aromatic rings. The lowest BCUT2D eigenvalue weighted by Crippen LogP contribution is -2.32. The number of alkyl halides is 1. The lowest BCUT2D eigenvalue weighted by Gasteiger charge is -2.34. The quantitative estimate of drug-likeness (QED) is 0.532. The van der Waals surface area contributed by atoms with Crippen LogP contribution in [0.15, 0.2) is 28.7 Å². The molecule has 2 fully saturated rings. The van der Waals surface area contributed by atoms with Crippen molar-refractivity contribution in [2.75, 3.05) is 5.33 Å². The van der Waals surface area contributed by atoms with Gasteiger partial charge in [-0.25, -0.2) is 0 Å². The number of hydrogen-bond acceptors (Lipinski definition) is 1. The zero-order valence-electron chi connectivity index (χ0n) is 12.5. The van der Waals surface area contributed by atoms with Gasteiger partial charge in [-0.3, -0.25) is 0 Å². The van der Waals surface area contributed by atoms with Crippen LogP contribution in [0.4, 0.5) is 0 Å². The average Bonchev–Trinajstić information content (AvgIpc) is 2.89. The minimum absolute atomic E-state index is 0.244. The molecule has 1 nitrogen and oxygen atoms in total. The lowest BCUT2D eigenvalue weighted by atomic mass is 9.83. The van der Waals surface area contributed by atoms with Crippen LogP contribution in [0, 0.1) is 0 Å². The van der Waals surface area contributed by atoms with Gasteiger partial charge in [-0.05, 0) is 49.7 Å². The molecule has 0 amide bonds. The van der Waals surface area contributed by atoms with Crippen LogP contribution < -0.4 is 0 Å². The number of rotatable bonds is 4. The van der Waals surface area contributed by atoms with Gasteiger partial charge in [0.1, 0.15) is 0 Å². The smallest absolute Gasteiger partial charge is 0.0687 e. The maximum absolute atomic E-state index is 6.55. The Hall–Kier alpha value is 0.140. The second kappa shape index (κ2) is 7.14. The van der Waals surface area contributed by atoms with Gasteiger partial charge in [0, 0.05) is 9.80 Å². The fourth-order valence-corrected chi connectivity index (χ4v) is 5.24. The van der Waals surface area contributed by atoms with E-state index in [-0.39, 0.29) is 5.60 Å². The van der Waals surface area contributed by atoms with Crippen molar-refractivity contribution in [3.63, 3.8) is 0 Å². The van der Waals surface area contributed by atoms with Gasteiger partial charge in [0.2, 0.25) is 0 Å². The molecule has 1 saturated carbocycles. The topological polar surface area (TPSA) is 9.23 Å². The van der Waals surface area contributed by atoms with E-state index in [1.807, 2.05) is 0 Å². The third-order valence-corrected chi connectivity index (χ3v) is 6.69. The highest BCUT2D eigenvalue weighted by Gasteiger charge is 2.41. The van der Waals surface area contributed by atoms with Crippen molar-refractivity contribution in [3.8, 4) is 0 Å². The molecular weight excluding hydrogens is 392 g/mol. The molecule has 21 heavy (non-hydrogen) atoms. The minimum Gasteiger partial charge on any atom is -0.372 e. The van der Waals surface area contributed by atoms with Crippen molar-refractivity contribution < 1.29 is 4.74 Å². The molecule has 1 aliphatic heterocycles. The summed E-state index contributed by atoms with van der Waals surface area (Å²) < 4.78 is 7.77. The summed E-state index contributed by atoms with van der Waals surface area (Å²) in [6, 6.07) is 8.60. The van der Waals surface area contributed by atoms with Crippen LogP contribution in [-0.2, 0) is 4.74 Å². The highest BCUT2D eigenvalue weighted by molar-refractivity contribution is 9.10. The standard InChI is InChI=1S/C18H24Br2O/c19-13-14(16-6-2-3-7-17(16)20)12-15-8-11-18(21-15)9-4-1-5-10-18/h2-3,6-7,14-15H,1,4-5,8-13H2. The van der Waals surface area contributed by atoms with Crippen molar-refractivity contribution in [2.24, 2.45) is 0 Å². The molecule has 0 aromatic heterocycles. The van der Waals surface area contributed by atoms with Crippen LogP contribution in [-0.4, -0.2) is 17.0 Å². The average molecular weight is 416 g/mol. The van der Waals surface area contributed by atoms with Gasteiger partial charge in [0.15, 0.2) is 0 Å². The van der Waals surface area contributed by atoms with Crippen LogP contribution in [0.1, 0.15) is 62.8 Å². The summed E-state index contributed by atoms with van der Waals surface area (Å²) in [5.74, 6) is 0.532. The van der Waals surface area contributed by atoms with E-state index >= 15 is 0 Å². The molecule has 3 rings (SSSR count). The van der Waals surface area contributed by atoms with Crippen LogP contribution in [0.3, 0.4) is 0 Å². The Balaban J connectivity index is 1.64. The predicted octanol–water partition coefficient (Wildman–Crippen LogP) is 6.20. The van der Waals surface area contributed by atoms with E-state index in [0.29, 0.717) is 12.0 Å². The number of ether oxygens (including phenoxy) is 1. The highest BCUT2D eigenvalue weighted by Crippen LogP contribution is 2.44. The molecule has 1 aromatic carbocycles. The van der Waals surface area contributed by atoms with Gasteiger partial charge >= 0.3 is 0 Å². The van der Waals surface area contributed by atoms with E-state index in [0.717, 1.165) is 11.8 Å². The maximum Gasteiger partial charge on any atom is 0.0687 e. The third-order valence-electron chi connectivity index (χ3n) is 5.18. The molecule has 1 spiro atoms. The van der Waals surface area contributed by atoms with E-state index in [9.17, 15) is 0 Å². The van der Waals surface area contributed by atoms with Crippen molar-refractivity contribution in [3.05, 3.63) is 34.3 Å². The molecule has 1 aliphatic carbocycles. The van der Waals surface area contributed by atoms with E-state index in [1.165, 1.54) is 55.0 Å². The molecule has 2 atom stereocenters. The molecular formula is C18H24Br2O.